The summed E-state index contributed by atoms with van der Waals surface area (Å²) in [4.78, 5) is 32.5. The molecule has 1 aromatic carbocycles. The van der Waals surface area contributed by atoms with Crippen LogP contribution in [0.1, 0.15) is 20.3 Å². The lowest BCUT2D eigenvalue weighted by molar-refractivity contribution is -0.384. The molecule has 0 aromatic heterocycles. The van der Waals surface area contributed by atoms with E-state index in [4.69, 9.17) is 16.7 Å². The average Bonchev–Trinajstić information content (AvgIpc) is 2.28. The van der Waals surface area contributed by atoms with E-state index >= 15 is 0 Å². The van der Waals surface area contributed by atoms with E-state index in [-0.39, 0.29) is 22.8 Å². The maximum absolute atomic E-state index is 11.8. The van der Waals surface area contributed by atoms with Gasteiger partial charge in [0.15, 0.2) is 0 Å². The van der Waals surface area contributed by atoms with Crippen molar-refractivity contribution in [3.63, 3.8) is 0 Å². The van der Waals surface area contributed by atoms with Gasteiger partial charge in [-0.3, -0.25) is 14.9 Å². The summed E-state index contributed by atoms with van der Waals surface area (Å²) in [6, 6.07) is 3.14. The molecule has 1 aromatic rings. The third-order valence-corrected chi connectivity index (χ3v) is 2.77. The highest BCUT2D eigenvalue weighted by Gasteiger charge is 2.24. The molecule has 0 saturated carbocycles. The molecule has 9 heteroatoms. The number of nitro groups is 1. The highest BCUT2D eigenvalue weighted by atomic mass is 35.5. The number of benzene rings is 1. The van der Waals surface area contributed by atoms with Gasteiger partial charge in [-0.15, -0.1) is 0 Å². The quantitative estimate of drug-likeness (QED) is 0.569. The number of urea groups is 1. The molecular formula is C12H14ClN3O5. The molecule has 0 atom stereocenters. The average molecular weight is 316 g/mol. The number of carboxylic acid groups (broad SMARTS) is 1. The Morgan fingerprint density at radius 3 is 2.57 bits per heavy atom. The van der Waals surface area contributed by atoms with E-state index in [1.54, 1.807) is 13.8 Å². The van der Waals surface area contributed by atoms with Gasteiger partial charge in [0.05, 0.1) is 11.3 Å². The van der Waals surface area contributed by atoms with Crippen molar-refractivity contribution in [2.75, 3.05) is 5.32 Å². The summed E-state index contributed by atoms with van der Waals surface area (Å²) in [7, 11) is 0. The van der Waals surface area contributed by atoms with Gasteiger partial charge in [-0.1, -0.05) is 11.6 Å². The summed E-state index contributed by atoms with van der Waals surface area (Å²) >= 11 is 5.66. The van der Waals surface area contributed by atoms with E-state index in [0.717, 1.165) is 6.07 Å². The summed E-state index contributed by atoms with van der Waals surface area (Å²) in [5.74, 6) is -1.05. The number of aliphatic carboxylic acids is 1. The van der Waals surface area contributed by atoms with Crippen molar-refractivity contribution in [1.82, 2.24) is 5.32 Å². The van der Waals surface area contributed by atoms with Crippen molar-refractivity contribution in [1.29, 1.82) is 0 Å². The number of rotatable bonds is 5. The third-order valence-electron chi connectivity index (χ3n) is 2.45. The Hall–Kier alpha value is -2.35. The molecule has 0 heterocycles. The van der Waals surface area contributed by atoms with Crippen molar-refractivity contribution in [2.45, 2.75) is 25.8 Å². The molecule has 3 N–H and O–H groups in total. The van der Waals surface area contributed by atoms with Gasteiger partial charge >= 0.3 is 12.0 Å². The van der Waals surface area contributed by atoms with Gasteiger partial charge in [-0.25, -0.2) is 4.79 Å². The monoisotopic (exact) mass is 315 g/mol. The summed E-state index contributed by atoms with van der Waals surface area (Å²) in [5, 5.41) is 24.3. The first-order chi connectivity index (χ1) is 9.60. The van der Waals surface area contributed by atoms with Crippen molar-refractivity contribution >= 4 is 35.0 Å². The molecule has 0 saturated heterocycles. The molecular weight excluding hydrogens is 302 g/mol. The lowest BCUT2D eigenvalue weighted by Gasteiger charge is -2.24. The van der Waals surface area contributed by atoms with E-state index in [2.05, 4.69) is 10.6 Å². The van der Waals surface area contributed by atoms with E-state index in [1.165, 1.54) is 12.1 Å². The van der Waals surface area contributed by atoms with Crippen molar-refractivity contribution in [3.8, 4) is 0 Å². The molecule has 0 aliphatic rings. The standard InChI is InChI=1S/C12H14ClN3O5/c1-12(2,6-10(17)18)15-11(19)14-7-3-4-8(13)9(5-7)16(20)21/h3-5H,6H2,1-2H3,(H,17,18)(H2,14,15,19). The largest absolute Gasteiger partial charge is 0.481 e. The number of halogens is 1. The maximum atomic E-state index is 11.8. The number of carbonyl (C=O) groups is 2. The molecule has 0 radical (unpaired) electrons. The van der Waals surface area contributed by atoms with Crippen LogP contribution in [0.25, 0.3) is 0 Å². The van der Waals surface area contributed by atoms with Crippen LogP contribution < -0.4 is 10.6 Å². The number of hydrogen-bond acceptors (Lipinski definition) is 4. The lowest BCUT2D eigenvalue weighted by Crippen LogP contribution is -2.46. The van der Waals surface area contributed by atoms with Crippen molar-refractivity contribution < 1.29 is 19.6 Å². The maximum Gasteiger partial charge on any atom is 0.319 e. The second-order valence-electron chi connectivity index (χ2n) is 4.96. The van der Waals surface area contributed by atoms with Crippen LogP contribution in [-0.2, 0) is 4.79 Å². The summed E-state index contributed by atoms with van der Waals surface area (Å²) in [6.07, 6.45) is -0.263. The third kappa shape index (κ3) is 5.27. The minimum absolute atomic E-state index is 0.0443. The first-order valence-electron chi connectivity index (χ1n) is 5.85. The molecule has 8 nitrogen and oxygen atoms in total. The van der Waals surface area contributed by atoms with Crippen LogP contribution >= 0.6 is 11.6 Å². The highest BCUT2D eigenvalue weighted by molar-refractivity contribution is 6.32. The summed E-state index contributed by atoms with van der Waals surface area (Å²) in [6.45, 7) is 3.09. The smallest absolute Gasteiger partial charge is 0.319 e. The minimum atomic E-state index is -1.05. The van der Waals surface area contributed by atoms with Crippen LogP contribution in [0.3, 0.4) is 0 Å². The molecule has 2 amide bonds. The predicted octanol–water partition coefficient (Wildman–Crippen LogP) is 2.62. The second kappa shape index (κ2) is 6.40. The zero-order chi connectivity index (χ0) is 16.2. The molecule has 0 unspecified atom stereocenters. The Bertz CT molecular complexity index is 588. The number of hydrogen-bond donors (Lipinski definition) is 3. The van der Waals surface area contributed by atoms with Crippen LogP contribution in [-0.4, -0.2) is 27.6 Å². The zero-order valence-electron chi connectivity index (χ0n) is 11.3. The number of nitrogens with zero attached hydrogens (tertiary/aromatic N) is 1. The van der Waals surface area contributed by atoms with Gasteiger partial charge in [0.25, 0.3) is 5.69 Å². The Morgan fingerprint density at radius 2 is 2.05 bits per heavy atom. The number of carbonyl (C=O) groups excluding carboxylic acids is 1. The fourth-order valence-electron chi connectivity index (χ4n) is 1.62. The molecule has 21 heavy (non-hydrogen) atoms. The first-order valence-corrected chi connectivity index (χ1v) is 6.23. The molecule has 114 valence electrons. The van der Waals surface area contributed by atoms with Gasteiger partial charge in [0, 0.05) is 17.3 Å². The first kappa shape index (κ1) is 16.7. The van der Waals surface area contributed by atoms with Crippen molar-refractivity contribution in [2.24, 2.45) is 0 Å². The molecule has 0 spiro atoms. The Morgan fingerprint density at radius 1 is 1.43 bits per heavy atom. The molecule has 0 bridgehead atoms. The van der Waals surface area contributed by atoms with E-state index in [0.29, 0.717) is 0 Å². The SMILES string of the molecule is CC(C)(CC(=O)O)NC(=O)Nc1ccc(Cl)c([N+](=O)[O-])c1. The van der Waals surface area contributed by atoms with Crippen LogP contribution in [0.2, 0.25) is 5.02 Å². The molecule has 0 fully saturated rings. The van der Waals surface area contributed by atoms with Crippen LogP contribution in [0.5, 0.6) is 0 Å². The molecule has 1 rings (SSSR count). The van der Waals surface area contributed by atoms with Gasteiger partial charge in [0.1, 0.15) is 5.02 Å². The topological polar surface area (TPSA) is 122 Å². The highest BCUT2D eigenvalue weighted by Crippen LogP contribution is 2.27. The van der Waals surface area contributed by atoms with E-state index in [1.807, 2.05) is 0 Å². The van der Waals surface area contributed by atoms with Crippen molar-refractivity contribution in [3.05, 3.63) is 33.3 Å². The summed E-state index contributed by atoms with van der Waals surface area (Å²) < 4.78 is 0. The van der Waals surface area contributed by atoms with Crippen LogP contribution in [0, 0.1) is 10.1 Å². The van der Waals surface area contributed by atoms with Gasteiger partial charge in [0.2, 0.25) is 0 Å². The Balaban J connectivity index is 2.78. The number of nitro benzene ring substituents is 1. The van der Waals surface area contributed by atoms with Gasteiger partial charge in [-0.05, 0) is 26.0 Å². The zero-order valence-corrected chi connectivity index (χ0v) is 12.1. The fourth-order valence-corrected chi connectivity index (χ4v) is 1.81. The molecule has 0 aliphatic carbocycles. The Kier molecular flexibility index (Phi) is 5.09. The number of carboxylic acids is 1. The number of nitrogens with one attached hydrogen (secondary N) is 2. The lowest BCUT2D eigenvalue weighted by atomic mass is 10.0. The molecule has 0 aliphatic heterocycles. The number of amides is 2. The predicted molar refractivity (Wildman–Crippen MR) is 76.6 cm³/mol. The Labute approximate surface area is 125 Å². The number of anilines is 1. The normalized spacial score (nSPS) is 10.8. The summed E-state index contributed by atoms with van der Waals surface area (Å²) in [5.41, 5.74) is -1.12. The second-order valence-corrected chi connectivity index (χ2v) is 5.36. The van der Waals surface area contributed by atoms with E-state index in [9.17, 15) is 19.7 Å². The van der Waals surface area contributed by atoms with Crippen LogP contribution in [0.4, 0.5) is 16.2 Å². The van der Waals surface area contributed by atoms with Gasteiger partial charge in [-0.2, -0.15) is 0 Å². The van der Waals surface area contributed by atoms with E-state index < -0.39 is 22.5 Å². The minimum Gasteiger partial charge on any atom is -0.481 e. The fraction of sp³-hybridized carbons (Fsp3) is 0.333. The van der Waals surface area contributed by atoms with Crippen LogP contribution in [0.15, 0.2) is 18.2 Å². The van der Waals surface area contributed by atoms with Gasteiger partial charge < -0.3 is 15.7 Å².